The second kappa shape index (κ2) is 10.4. The van der Waals surface area contributed by atoms with Crippen LogP contribution in [0.2, 0.25) is 0 Å². The maximum atomic E-state index is 10.6. The number of hydrogen-bond acceptors (Lipinski definition) is 5. The molecule has 3 rings (SSSR count). The average molecular weight is 399 g/mol. The average Bonchev–Trinajstić information content (AvgIpc) is 3.10. The molecule has 0 saturated heterocycles. The van der Waals surface area contributed by atoms with Crippen LogP contribution < -0.4 is 4.74 Å². The van der Waals surface area contributed by atoms with Crippen LogP contribution in [0.1, 0.15) is 5.56 Å². The van der Waals surface area contributed by atoms with Gasteiger partial charge in [0.15, 0.2) is 0 Å². The fourth-order valence-electron chi connectivity index (χ4n) is 3.46. The molecule has 2 atom stereocenters. The fraction of sp³-hybridized carbons (Fsp3) is 0.391. The Morgan fingerprint density at radius 2 is 1.69 bits per heavy atom. The molecule has 0 fully saturated rings. The van der Waals surface area contributed by atoms with Gasteiger partial charge in [-0.05, 0) is 36.6 Å². The van der Waals surface area contributed by atoms with Crippen LogP contribution >= 0.6 is 0 Å². The lowest BCUT2D eigenvalue weighted by atomic mass is 10.2. The van der Waals surface area contributed by atoms with E-state index in [-0.39, 0.29) is 13.2 Å². The number of aliphatic hydroxyl groups excluding tert-OH is 3. The highest BCUT2D eigenvalue weighted by Crippen LogP contribution is 2.16. The minimum absolute atomic E-state index is 0.0370. The van der Waals surface area contributed by atoms with E-state index in [1.807, 2.05) is 77.2 Å². The van der Waals surface area contributed by atoms with Crippen molar-refractivity contribution in [3.05, 3.63) is 66.4 Å². The zero-order valence-electron chi connectivity index (χ0n) is 16.8. The van der Waals surface area contributed by atoms with E-state index in [2.05, 4.69) is 0 Å². The highest BCUT2D eigenvalue weighted by molar-refractivity contribution is 5.79. The minimum Gasteiger partial charge on any atom is -0.491 e. The van der Waals surface area contributed by atoms with Crippen molar-refractivity contribution in [2.24, 2.45) is 0 Å². The van der Waals surface area contributed by atoms with Gasteiger partial charge in [-0.25, -0.2) is 0 Å². The molecule has 0 bridgehead atoms. The second-order valence-electron chi connectivity index (χ2n) is 7.44. The van der Waals surface area contributed by atoms with Crippen LogP contribution in [0.25, 0.3) is 10.9 Å². The molecule has 0 saturated carbocycles. The number of fused-ring (bicyclic) bond motifs is 1. The number of para-hydroxylation sites is 1. The van der Waals surface area contributed by atoms with Crippen molar-refractivity contribution in [1.29, 1.82) is 0 Å². The maximum Gasteiger partial charge on any atom is 0.119 e. The summed E-state index contributed by atoms with van der Waals surface area (Å²) in [6.45, 7) is 3.63. The Hall–Kier alpha value is -2.38. The topological polar surface area (TPSA) is 78.1 Å². The summed E-state index contributed by atoms with van der Waals surface area (Å²) < 4.78 is 7.66. The Labute approximate surface area is 171 Å². The number of benzene rings is 2. The fourth-order valence-corrected chi connectivity index (χ4v) is 3.46. The Kier molecular flexibility index (Phi) is 7.66. The Bertz CT molecular complexity index is 878. The number of aryl methyl sites for hydroxylation is 1. The molecule has 29 heavy (non-hydrogen) atoms. The summed E-state index contributed by atoms with van der Waals surface area (Å²) in [6.07, 6.45) is 0.624. The number of aromatic nitrogens is 1. The summed E-state index contributed by atoms with van der Waals surface area (Å²) in [5, 5.41) is 31.4. The molecule has 3 aromatic rings. The van der Waals surface area contributed by atoms with E-state index in [0.29, 0.717) is 31.9 Å². The molecule has 0 radical (unpaired) electrons. The molecule has 1 aromatic heterocycles. The van der Waals surface area contributed by atoms with Gasteiger partial charge in [-0.2, -0.15) is 0 Å². The van der Waals surface area contributed by atoms with Crippen molar-refractivity contribution < 1.29 is 20.1 Å². The molecular weight excluding hydrogens is 368 g/mol. The molecule has 0 aliphatic heterocycles. The number of hydrogen-bond donors (Lipinski definition) is 3. The molecule has 2 aromatic carbocycles. The first-order valence-corrected chi connectivity index (χ1v) is 9.98. The Balaban J connectivity index is 1.51. The van der Waals surface area contributed by atoms with E-state index in [1.165, 1.54) is 0 Å². The van der Waals surface area contributed by atoms with E-state index < -0.39 is 12.2 Å². The van der Waals surface area contributed by atoms with Gasteiger partial charge in [-0.15, -0.1) is 0 Å². The lowest BCUT2D eigenvalue weighted by molar-refractivity contribution is 0.0351. The van der Waals surface area contributed by atoms with Crippen molar-refractivity contribution in [2.75, 3.05) is 32.8 Å². The van der Waals surface area contributed by atoms with Crippen molar-refractivity contribution in [1.82, 2.24) is 9.47 Å². The van der Waals surface area contributed by atoms with E-state index in [4.69, 9.17) is 4.74 Å². The van der Waals surface area contributed by atoms with Crippen LogP contribution in [0.15, 0.2) is 60.8 Å². The van der Waals surface area contributed by atoms with Gasteiger partial charge >= 0.3 is 0 Å². The smallest absolute Gasteiger partial charge is 0.119 e. The van der Waals surface area contributed by atoms with Crippen molar-refractivity contribution in [3.63, 3.8) is 0 Å². The molecular formula is C23H30N2O4. The first-order valence-electron chi connectivity index (χ1n) is 9.98. The van der Waals surface area contributed by atoms with E-state index in [9.17, 15) is 15.3 Å². The SMILES string of the molecule is Cc1ccc(OCC(O)CN(CCO)CC(O)Cn2ccc3ccccc32)cc1. The van der Waals surface area contributed by atoms with Gasteiger partial charge in [-0.1, -0.05) is 35.9 Å². The molecule has 6 nitrogen and oxygen atoms in total. The largest absolute Gasteiger partial charge is 0.491 e. The summed E-state index contributed by atoms with van der Waals surface area (Å²) in [5.41, 5.74) is 2.23. The predicted octanol–water partition coefficient (Wildman–Crippen LogP) is 2.04. The first kappa shape index (κ1) is 21.3. The molecule has 0 spiro atoms. The van der Waals surface area contributed by atoms with E-state index >= 15 is 0 Å². The van der Waals surface area contributed by atoms with Crippen LogP contribution in [-0.2, 0) is 6.54 Å². The third-order valence-corrected chi connectivity index (χ3v) is 4.91. The molecule has 156 valence electrons. The lowest BCUT2D eigenvalue weighted by Crippen LogP contribution is -2.42. The lowest BCUT2D eigenvalue weighted by Gasteiger charge is -2.27. The van der Waals surface area contributed by atoms with Gasteiger partial charge in [0, 0.05) is 37.9 Å². The Morgan fingerprint density at radius 3 is 2.45 bits per heavy atom. The van der Waals surface area contributed by atoms with Crippen LogP contribution in [0.3, 0.4) is 0 Å². The number of ether oxygens (including phenoxy) is 1. The maximum absolute atomic E-state index is 10.6. The molecule has 2 unspecified atom stereocenters. The highest BCUT2D eigenvalue weighted by Gasteiger charge is 2.17. The normalized spacial score (nSPS) is 13.7. The van der Waals surface area contributed by atoms with Crippen LogP contribution in [0.5, 0.6) is 5.75 Å². The zero-order chi connectivity index (χ0) is 20.6. The molecule has 0 aliphatic carbocycles. The van der Waals surface area contributed by atoms with Gasteiger partial charge < -0.3 is 24.6 Å². The summed E-state index contributed by atoms with van der Waals surface area (Å²) in [7, 11) is 0. The molecule has 6 heteroatoms. The second-order valence-corrected chi connectivity index (χ2v) is 7.44. The first-order chi connectivity index (χ1) is 14.0. The van der Waals surface area contributed by atoms with E-state index in [1.54, 1.807) is 0 Å². The third kappa shape index (κ3) is 6.30. The van der Waals surface area contributed by atoms with Crippen molar-refractivity contribution in [3.8, 4) is 5.75 Å². The molecule has 0 aliphatic rings. The quantitative estimate of drug-likeness (QED) is 0.461. The minimum atomic E-state index is -0.720. The standard InChI is InChI=1S/C23H30N2O4/c1-18-6-8-22(9-7-18)29-17-21(28)15-24(12-13-26)14-20(27)16-25-11-10-19-4-2-3-5-23(19)25/h2-11,20-21,26-28H,12-17H2,1H3. The summed E-state index contributed by atoms with van der Waals surface area (Å²) >= 11 is 0. The number of rotatable bonds is 11. The van der Waals surface area contributed by atoms with Crippen LogP contribution in [-0.4, -0.2) is 69.8 Å². The zero-order valence-corrected chi connectivity index (χ0v) is 16.8. The third-order valence-electron chi connectivity index (χ3n) is 4.91. The van der Waals surface area contributed by atoms with Gasteiger partial charge in [-0.3, -0.25) is 4.90 Å². The Morgan fingerprint density at radius 1 is 0.966 bits per heavy atom. The summed E-state index contributed by atoms with van der Waals surface area (Å²) in [6, 6.07) is 17.7. The van der Waals surface area contributed by atoms with Crippen molar-refractivity contribution in [2.45, 2.75) is 25.7 Å². The molecule has 3 N–H and O–H groups in total. The molecule has 1 heterocycles. The van der Waals surface area contributed by atoms with Crippen molar-refractivity contribution >= 4 is 10.9 Å². The van der Waals surface area contributed by atoms with Crippen LogP contribution in [0, 0.1) is 6.92 Å². The van der Waals surface area contributed by atoms with Crippen LogP contribution in [0.4, 0.5) is 0 Å². The number of aliphatic hydroxyl groups is 3. The van der Waals surface area contributed by atoms with Gasteiger partial charge in [0.25, 0.3) is 0 Å². The summed E-state index contributed by atoms with van der Waals surface area (Å²) in [4.78, 5) is 1.86. The monoisotopic (exact) mass is 398 g/mol. The van der Waals surface area contributed by atoms with Gasteiger partial charge in [0.05, 0.1) is 12.7 Å². The van der Waals surface area contributed by atoms with E-state index in [0.717, 1.165) is 16.5 Å². The number of nitrogens with zero attached hydrogens (tertiary/aromatic N) is 2. The highest BCUT2D eigenvalue weighted by atomic mass is 16.5. The predicted molar refractivity (Wildman–Crippen MR) is 114 cm³/mol. The molecule has 0 amide bonds. The van der Waals surface area contributed by atoms with Gasteiger partial charge in [0.1, 0.15) is 18.5 Å². The summed E-state index contributed by atoms with van der Waals surface area (Å²) in [5.74, 6) is 0.711. The van der Waals surface area contributed by atoms with Gasteiger partial charge in [0.2, 0.25) is 0 Å².